The maximum absolute atomic E-state index is 13.5. The molecule has 0 radical (unpaired) electrons. The van der Waals surface area contributed by atoms with E-state index in [9.17, 15) is 9.18 Å². The van der Waals surface area contributed by atoms with Crippen LogP contribution in [-0.4, -0.2) is 11.0 Å². The summed E-state index contributed by atoms with van der Waals surface area (Å²) in [7, 11) is 0. The molecule has 2 N–H and O–H groups in total. The highest BCUT2D eigenvalue weighted by molar-refractivity contribution is 6.30. The van der Waals surface area contributed by atoms with Crippen molar-refractivity contribution in [3.63, 3.8) is 0 Å². The van der Waals surface area contributed by atoms with Gasteiger partial charge in [0.2, 0.25) is 5.91 Å². The number of hydrogen-bond acceptors (Lipinski definition) is 2. The number of carbonyl (C=O) groups is 1. The maximum atomic E-state index is 13.5. The zero-order chi connectivity index (χ0) is 13.8. The lowest BCUT2D eigenvalue weighted by molar-refractivity contribution is -0.115. The Kier molecular flexibility index (Phi) is 4.02. The second-order valence-corrected chi connectivity index (χ2v) is 4.45. The zero-order valence-corrected chi connectivity index (χ0v) is 10.6. The molecular weight excluding hydrogens is 269 g/mol. The zero-order valence-electron chi connectivity index (χ0n) is 9.86. The first-order chi connectivity index (χ1) is 9.04. The molecule has 0 unspecified atom stereocenters. The minimum atomic E-state index is -0.577. The number of phenolic OH excluding ortho intramolecular Hbond substituents is 1. The van der Waals surface area contributed by atoms with Gasteiger partial charge in [0.1, 0.15) is 11.6 Å². The highest BCUT2D eigenvalue weighted by atomic mass is 35.5. The van der Waals surface area contributed by atoms with E-state index >= 15 is 0 Å². The van der Waals surface area contributed by atoms with Crippen molar-refractivity contribution in [1.82, 2.24) is 0 Å². The molecule has 0 atom stereocenters. The summed E-state index contributed by atoms with van der Waals surface area (Å²) in [6.45, 7) is 0. The van der Waals surface area contributed by atoms with Crippen molar-refractivity contribution in [1.29, 1.82) is 0 Å². The topological polar surface area (TPSA) is 49.3 Å². The lowest BCUT2D eigenvalue weighted by atomic mass is 10.1. The molecule has 2 rings (SSSR count). The Morgan fingerprint density at radius 1 is 1.21 bits per heavy atom. The molecule has 0 saturated heterocycles. The first-order valence-electron chi connectivity index (χ1n) is 5.57. The largest absolute Gasteiger partial charge is 0.508 e. The van der Waals surface area contributed by atoms with E-state index in [1.54, 1.807) is 12.1 Å². The smallest absolute Gasteiger partial charge is 0.228 e. The monoisotopic (exact) mass is 279 g/mol. The lowest BCUT2D eigenvalue weighted by Gasteiger charge is -2.07. The summed E-state index contributed by atoms with van der Waals surface area (Å²) in [6, 6.07) is 10.3. The van der Waals surface area contributed by atoms with Crippen LogP contribution in [0.25, 0.3) is 0 Å². The predicted octanol–water partition coefficient (Wildman–Crippen LogP) is 3.37. The van der Waals surface area contributed by atoms with Gasteiger partial charge in [-0.3, -0.25) is 4.79 Å². The van der Waals surface area contributed by atoms with Crippen molar-refractivity contribution < 1.29 is 14.3 Å². The van der Waals surface area contributed by atoms with Gasteiger partial charge in [-0.15, -0.1) is 0 Å². The fraction of sp³-hybridized carbons (Fsp3) is 0.0714. The van der Waals surface area contributed by atoms with Crippen molar-refractivity contribution in [3.05, 3.63) is 58.9 Å². The second kappa shape index (κ2) is 5.71. The molecule has 0 fully saturated rings. The van der Waals surface area contributed by atoms with Gasteiger partial charge >= 0.3 is 0 Å². The minimum absolute atomic E-state index is 0.0909. The van der Waals surface area contributed by atoms with Crippen LogP contribution in [-0.2, 0) is 11.2 Å². The van der Waals surface area contributed by atoms with E-state index in [1.807, 2.05) is 0 Å². The summed E-state index contributed by atoms with van der Waals surface area (Å²) in [4.78, 5) is 11.7. The summed E-state index contributed by atoms with van der Waals surface area (Å²) >= 11 is 5.62. The van der Waals surface area contributed by atoms with Crippen molar-refractivity contribution >= 4 is 23.2 Å². The van der Waals surface area contributed by atoms with Crippen LogP contribution in [0.1, 0.15) is 5.56 Å². The van der Waals surface area contributed by atoms with Crippen LogP contribution in [0.2, 0.25) is 5.02 Å². The van der Waals surface area contributed by atoms with Gasteiger partial charge in [0.05, 0.1) is 12.1 Å². The van der Waals surface area contributed by atoms with E-state index in [-0.39, 0.29) is 28.8 Å². The number of benzene rings is 2. The summed E-state index contributed by atoms with van der Waals surface area (Å²) in [5.41, 5.74) is 0.817. The Morgan fingerprint density at radius 2 is 1.89 bits per heavy atom. The minimum Gasteiger partial charge on any atom is -0.508 e. The van der Waals surface area contributed by atoms with Crippen LogP contribution in [0.15, 0.2) is 42.5 Å². The molecule has 0 aliphatic carbocycles. The van der Waals surface area contributed by atoms with Crippen molar-refractivity contribution in [3.8, 4) is 5.75 Å². The molecule has 0 saturated carbocycles. The first-order valence-corrected chi connectivity index (χ1v) is 5.95. The van der Waals surface area contributed by atoms with Crippen LogP contribution >= 0.6 is 11.6 Å². The summed E-state index contributed by atoms with van der Waals surface area (Å²) in [5.74, 6) is -0.786. The normalized spacial score (nSPS) is 10.2. The fourth-order valence-corrected chi connectivity index (χ4v) is 1.74. The Balaban J connectivity index is 2.03. The molecule has 0 aliphatic rings. The molecule has 2 aromatic carbocycles. The van der Waals surface area contributed by atoms with E-state index in [0.29, 0.717) is 0 Å². The Bertz CT molecular complexity index is 599. The summed E-state index contributed by atoms with van der Waals surface area (Å²) < 4.78 is 13.5. The van der Waals surface area contributed by atoms with Crippen molar-refractivity contribution in [2.45, 2.75) is 6.42 Å². The summed E-state index contributed by atoms with van der Waals surface area (Å²) in [6.07, 6.45) is 0.0996. The molecule has 3 nitrogen and oxygen atoms in total. The van der Waals surface area contributed by atoms with Gasteiger partial charge in [0.15, 0.2) is 0 Å². The van der Waals surface area contributed by atoms with Gasteiger partial charge in [0, 0.05) is 5.02 Å². The van der Waals surface area contributed by atoms with Gasteiger partial charge < -0.3 is 10.4 Å². The van der Waals surface area contributed by atoms with Crippen LogP contribution in [0.5, 0.6) is 5.75 Å². The van der Waals surface area contributed by atoms with Gasteiger partial charge in [-0.25, -0.2) is 4.39 Å². The van der Waals surface area contributed by atoms with Crippen LogP contribution in [0, 0.1) is 5.82 Å². The number of aromatic hydroxyl groups is 1. The number of amides is 1. The van der Waals surface area contributed by atoms with Crippen molar-refractivity contribution in [2.24, 2.45) is 0 Å². The number of anilines is 1. The van der Waals surface area contributed by atoms with E-state index in [0.717, 1.165) is 11.6 Å². The molecule has 0 bridgehead atoms. The molecule has 2 aromatic rings. The molecule has 0 aromatic heterocycles. The first kappa shape index (κ1) is 13.4. The quantitative estimate of drug-likeness (QED) is 0.905. The molecule has 0 heterocycles. The lowest BCUT2D eigenvalue weighted by Crippen LogP contribution is -2.15. The van der Waals surface area contributed by atoms with Crippen molar-refractivity contribution in [2.75, 3.05) is 5.32 Å². The SMILES string of the molecule is O=C(Cc1ccc(O)cc1)Nc1ccc(Cl)cc1F. The Labute approximate surface area is 114 Å². The predicted molar refractivity (Wildman–Crippen MR) is 71.9 cm³/mol. The number of carbonyl (C=O) groups excluding carboxylic acids is 1. The molecule has 5 heteroatoms. The molecule has 1 amide bonds. The van der Waals surface area contributed by atoms with E-state index < -0.39 is 5.82 Å². The van der Waals surface area contributed by atoms with Gasteiger partial charge in [-0.2, -0.15) is 0 Å². The molecule has 0 spiro atoms. The molecule has 19 heavy (non-hydrogen) atoms. The number of phenols is 1. The van der Waals surface area contributed by atoms with Crippen LogP contribution in [0.3, 0.4) is 0 Å². The van der Waals surface area contributed by atoms with Crippen LogP contribution < -0.4 is 5.32 Å². The third kappa shape index (κ3) is 3.69. The third-order valence-corrected chi connectivity index (χ3v) is 2.74. The van der Waals surface area contributed by atoms with E-state index in [4.69, 9.17) is 16.7 Å². The van der Waals surface area contributed by atoms with Gasteiger partial charge in [-0.1, -0.05) is 23.7 Å². The average Bonchev–Trinajstić information content (AvgIpc) is 2.36. The number of nitrogens with one attached hydrogen (secondary N) is 1. The summed E-state index contributed by atoms with van der Waals surface area (Å²) in [5, 5.41) is 11.9. The third-order valence-electron chi connectivity index (χ3n) is 2.51. The average molecular weight is 280 g/mol. The highest BCUT2D eigenvalue weighted by Crippen LogP contribution is 2.19. The van der Waals surface area contributed by atoms with E-state index in [2.05, 4.69) is 5.32 Å². The highest BCUT2D eigenvalue weighted by Gasteiger charge is 2.08. The Hall–Kier alpha value is -2.07. The molecular formula is C14H11ClFNO2. The standard InChI is InChI=1S/C14H11ClFNO2/c15-10-3-6-13(12(16)8-10)17-14(19)7-9-1-4-11(18)5-2-9/h1-6,8,18H,7H2,(H,17,19). The Morgan fingerprint density at radius 3 is 2.53 bits per heavy atom. The van der Waals surface area contributed by atoms with Crippen LogP contribution in [0.4, 0.5) is 10.1 Å². The van der Waals surface area contributed by atoms with E-state index in [1.165, 1.54) is 24.3 Å². The second-order valence-electron chi connectivity index (χ2n) is 4.02. The van der Waals surface area contributed by atoms with Gasteiger partial charge in [-0.05, 0) is 35.9 Å². The number of hydrogen-bond donors (Lipinski definition) is 2. The number of halogens is 2. The molecule has 98 valence electrons. The van der Waals surface area contributed by atoms with Gasteiger partial charge in [0.25, 0.3) is 0 Å². The molecule has 0 aliphatic heterocycles. The number of rotatable bonds is 3. The maximum Gasteiger partial charge on any atom is 0.228 e. The fourth-order valence-electron chi connectivity index (χ4n) is 1.58.